The highest BCUT2D eigenvalue weighted by Crippen LogP contribution is 2.28. The summed E-state index contributed by atoms with van der Waals surface area (Å²) < 4.78 is 20.8. The normalized spacial score (nSPS) is 12.7. The summed E-state index contributed by atoms with van der Waals surface area (Å²) in [5, 5.41) is 4.59. The number of likely N-dealkylation sites (N-methyl/N-ethyl adjacent to an activating group) is 1. The van der Waals surface area contributed by atoms with Crippen molar-refractivity contribution in [1.82, 2.24) is 14.7 Å². The lowest BCUT2D eigenvalue weighted by atomic mass is 10.2. The van der Waals surface area contributed by atoms with Crippen molar-refractivity contribution in [3.63, 3.8) is 0 Å². The third-order valence-electron chi connectivity index (χ3n) is 5.24. The van der Waals surface area contributed by atoms with Crippen LogP contribution in [0.4, 0.5) is 4.39 Å². The molecule has 0 N–H and O–H groups in total. The molecule has 0 saturated heterocycles. The molecule has 0 saturated carbocycles. The van der Waals surface area contributed by atoms with E-state index in [9.17, 15) is 9.18 Å². The lowest BCUT2D eigenvalue weighted by molar-refractivity contribution is 0.0766. The molecule has 1 aliphatic rings. The summed E-state index contributed by atoms with van der Waals surface area (Å²) >= 11 is 0. The zero-order chi connectivity index (χ0) is 20.4. The molecule has 29 heavy (non-hydrogen) atoms. The fourth-order valence-corrected chi connectivity index (χ4v) is 3.69. The maximum atomic E-state index is 13.3. The van der Waals surface area contributed by atoms with Gasteiger partial charge < -0.3 is 9.64 Å². The molecule has 1 aromatic heterocycles. The Morgan fingerprint density at radius 1 is 1.21 bits per heavy atom. The number of aryl methyl sites for hydroxylation is 1. The largest absolute Gasteiger partial charge is 0.492 e. The molecule has 4 rings (SSSR count). The molecule has 1 aliphatic carbocycles. The first kappa shape index (κ1) is 19.2. The second kappa shape index (κ2) is 8.07. The highest BCUT2D eigenvalue weighted by atomic mass is 19.1. The fourth-order valence-electron chi connectivity index (χ4n) is 3.69. The number of carbonyl (C=O) groups is 1. The van der Waals surface area contributed by atoms with Crippen LogP contribution in [0, 0.1) is 12.7 Å². The molecule has 0 unspecified atom stereocenters. The number of ether oxygens (including phenoxy) is 1. The molecular weight excluding hydrogens is 369 g/mol. The van der Waals surface area contributed by atoms with E-state index in [2.05, 4.69) is 5.10 Å². The van der Waals surface area contributed by atoms with Gasteiger partial charge in [0.05, 0.1) is 12.2 Å². The van der Waals surface area contributed by atoms with Gasteiger partial charge >= 0.3 is 0 Å². The van der Waals surface area contributed by atoms with Gasteiger partial charge in [-0.15, -0.1) is 0 Å². The van der Waals surface area contributed by atoms with Crippen LogP contribution >= 0.6 is 0 Å². The van der Waals surface area contributed by atoms with Crippen LogP contribution in [0.2, 0.25) is 0 Å². The van der Waals surface area contributed by atoms with Crippen molar-refractivity contribution < 1.29 is 13.9 Å². The van der Waals surface area contributed by atoms with E-state index in [4.69, 9.17) is 4.74 Å². The minimum Gasteiger partial charge on any atom is -0.492 e. The molecule has 0 spiro atoms. The summed E-state index contributed by atoms with van der Waals surface area (Å²) in [4.78, 5) is 14.7. The van der Waals surface area contributed by atoms with Crippen molar-refractivity contribution in [2.75, 3.05) is 20.2 Å². The molecule has 0 bridgehead atoms. The predicted molar refractivity (Wildman–Crippen MR) is 109 cm³/mol. The molecule has 0 atom stereocenters. The Hall–Kier alpha value is -3.15. The molecule has 6 heteroatoms. The van der Waals surface area contributed by atoms with E-state index in [-0.39, 0.29) is 11.7 Å². The van der Waals surface area contributed by atoms with Gasteiger partial charge in [0.15, 0.2) is 5.69 Å². The number of aromatic nitrogens is 2. The van der Waals surface area contributed by atoms with Gasteiger partial charge in [0.25, 0.3) is 5.91 Å². The number of benzene rings is 2. The Kier molecular flexibility index (Phi) is 5.34. The average molecular weight is 393 g/mol. The van der Waals surface area contributed by atoms with Gasteiger partial charge in [0, 0.05) is 18.3 Å². The van der Waals surface area contributed by atoms with Gasteiger partial charge in [-0.2, -0.15) is 5.10 Å². The van der Waals surface area contributed by atoms with Crippen molar-refractivity contribution >= 4 is 5.91 Å². The first-order valence-electron chi connectivity index (χ1n) is 9.84. The van der Waals surface area contributed by atoms with Gasteiger partial charge in [-0.05, 0) is 68.1 Å². The predicted octanol–water partition coefficient (Wildman–Crippen LogP) is 3.96. The Bertz CT molecular complexity index is 1030. The zero-order valence-electron chi connectivity index (χ0n) is 16.7. The molecule has 1 heterocycles. The second-order valence-electron chi connectivity index (χ2n) is 7.41. The molecular formula is C23H24FN3O2. The maximum Gasteiger partial charge on any atom is 0.274 e. The summed E-state index contributed by atoms with van der Waals surface area (Å²) in [6.07, 6.45) is 2.70. The van der Waals surface area contributed by atoms with E-state index in [1.54, 1.807) is 28.8 Å². The molecule has 0 radical (unpaired) electrons. The topological polar surface area (TPSA) is 47.4 Å². The van der Waals surface area contributed by atoms with Gasteiger partial charge in [0.1, 0.15) is 18.2 Å². The third-order valence-corrected chi connectivity index (χ3v) is 5.24. The molecule has 0 fully saturated rings. The molecule has 5 nitrogen and oxygen atoms in total. The molecule has 1 amide bonds. The minimum atomic E-state index is -0.290. The average Bonchev–Trinajstić information content (AvgIpc) is 3.31. The first-order valence-corrected chi connectivity index (χ1v) is 9.84. The summed E-state index contributed by atoms with van der Waals surface area (Å²) in [6.45, 7) is 2.89. The van der Waals surface area contributed by atoms with Crippen LogP contribution in [0.5, 0.6) is 5.75 Å². The molecule has 150 valence electrons. The van der Waals surface area contributed by atoms with Gasteiger partial charge in [0.2, 0.25) is 0 Å². The van der Waals surface area contributed by atoms with Crippen LogP contribution in [0.1, 0.15) is 33.7 Å². The second-order valence-corrected chi connectivity index (χ2v) is 7.41. The van der Waals surface area contributed by atoms with Crippen molar-refractivity contribution in [1.29, 1.82) is 0 Å². The SMILES string of the molecule is Cc1cccc(OCCN(C)C(=O)c2nn(-c3ccc(F)cc3)c3c2CCC3)c1. The number of rotatable bonds is 6. The fraction of sp³-hybridized carbons (Fsp3) is 0.304. The molecule has 3 aromatic rings. The molecule has 0 aliphatic heterocycles. The summed E-state index contributed by atoms with van der Waals surface area (Å²) in [6, 6.07) is 14.0. The quantitative estimate of drug-likeness (QED) is 0.637. The Balaban J connectivity index is 1.48. The van der Waals surface area contributed by atoms with Crippen molar-refractivity contribution in [3.8, 4) is 11.4 Å². The highest BCUT2D eigenvalue weighted by Gasteiger charge is 2.28. The van der Waals surface area contributed by atoms with Crippen molar-refractivity contribution in [2.45, 2.75) is 26.2 Å². The molecule has 2 aromatic carbocycles. The lowest BCUT2D eigenvalue weighted by Crippen LogP contribution is -2.31. The van der Waals surface area contributed by atoms with Crippen LogP contribution in [0.25, 0.3) is 5.69 Å². The summed E-state index contributed by atoms with van der Waals surface area (Å²) in [5.74, 6) is 0.395. The lowest BCUT2D eigenvalue weighted by Gasteiger charge is -2.17. The number of nitrogens with zero attached hydrogens (tertiary/aromatic N) is 3. The van der Waals surface area contributed by atoms with Crippen LogP contribution in [0.3, 0.4) is 0 Å². The van der Waals surface area contributed by atoms with E-state index in [1.807, 2.05) is 31.2 Å². The van der Waals surface area contributed by atoms with Crippen LogP contribution in [-0.2, 0) is 12.8 Å². The Morgan fingerprint density at radius 2 is 2.00 bits per heavy atom. The third kappa shape index (κ3) is 4.01. The number of carbonyl (C=O) groups excluding carboxylic acids is 1. The van der Waals surface area contributed by atoms with Crippen LogP contribution in [0.15, 0.2) is 48.5 Å². The van der Waals surface area contributed by atoms with E-state index in [0.717, 1.165) is 47.5 Å². The smallest absolute Gasteiger partial charge is 0.274 e. The number of hydrogen-bond donors (Lipinski definition) is 0. The van der Waals surface area contributed by atoms with Gasteiger partial charge in [-0.25, -0.2) is 9.07 Å². The van der Waals surface area contributed by atoms with Gasteiger partial charge in [-0.1, -0.05) is 12.1 Å². The standard InChI is InChI=1S/C23H24FN3O2/c1-16-5-3-6-19(15-16)29-14-13-26(2)23(28)22-20-7-4-8-21(20)27(25-22)18-11-9-17(24)10-12-18/h3,5-6,9-12,15H,4,7-8,13-14H2,1-2H3. The number of hydrogen-bond acceptors (Lipinski definition) is 3. The first-order chi connectivity index (χ1) is 14.0. The van der Waals surface area contributed by atoms with E-state index < -0.39 is 0 Å². The zero-order valence-corrected chi connectivity index (χ0v) is 16.7. The monoisotopic (exact) mass is 393 g/mol. The summed E-state index contributed by atoms with van der Waals surface area (Å²) in [5.41, 5.74) is 4.44. The van der Waals surface area contributed by atoms with Gasteiger partial charge in [-0.3, -0.25) is 4.79 Å². The number of fused-ring (bicyclic) bond motifs is 1. The number of halogens is 1. The van der Waals surface area contributed by atoms with E-state index in [0.29, 0.717) is 18.8 Å². The Morgan fingerprint density at radius 3 is 2.76 bits per heavy atom. The summed E-state index contributed by atoms with van der Waals surface area (Å²) in [7, 11) is 1.76. The maximum absolute atomic E-state index is 13.3. The highest BCUT2D eigenvalue weighted by molar-refractivity contribution is 5.94. The minimum absolute atomic E-state index is 0.114. The van der Waals surface area contributed by atoms with E-state index in [1.165, 1.54) is 12.1 Å². The van der Waals surface area contributed by atoms with Crippen LogP contribution in [-0.4, -0.2) is 40.8 Å². The Labute approximate surface area is 169 Å². The van der Waals surface area contributed by atoms with Crippen molar-refractivity contribution in [2.24, 2.45) is 0 Å². The van der Waals surface area contributed by atoms with E-state index >= 15 is 0 Å². The van der Waals surface area contributed by atoms with Crippen LogP contribution < -0.4 is 4.74 Å². The number of amides is 1. The van der Waals surface area contributed by atoms with Crippen molar-refractivity contribution in [3.05, 3.63) is 76.9 Å².